The Morgan fingerprint density at radius 2 is 1.81 bits per heavy atom. The van der Waals surface area contributed by atoms with Gasteiger partial charge in [0.1, 0.15) is 0 Å². The van der Waals surface area contributed by atoms with Crippen molar-refractivity contribution in [3.05, 3.63) is 47.5 Å². The van der Waals surface area contributed by atoms with Crippen LogP contribution < -0.4 is 0 Å². The molecule has 0 fully saturated rings. The van der Waals surface area contributed by atoms with Crippen molar-refractivity contribution in [2.45, 2.75) is 13.3 Å². The molecule has 0 N–H and O–H groups in total. The third-order valence-corrected chi connectivity index (χ3v) is 2.24. The van der Waals surface area contributed by atoms with Crippen LogP contribution in [0.1, 0.15) is 12.6 Å². The van der Waals surface area contributed by atoms with Crippen LogP contribution in [0.25, 0.3) is 5.69 Å². The Labute approximate surface area is 90.3 Å². The van der Waals surface area contributed by atoms with Gasteiger partial charge in [-0.15, -0.1) is 0 Å². The Morgan fingerprint density at radius 1 is 1.19 bits per heavy atom. The maximum absolute atomic E-state index is 13.0. The van der Waals surface area contributed by atoms with Crippen LogP contribution in [-0.4, -0.2) is 9.78 Å². The smallest absolute Gasteiger partial charge is 0.194 e. The number of hydrogen-bond donors (Lipinski definition) is 0. The van der Waals surface area contributed by atoms with E-state index < -0.39 is 17.5 Å². The van der Waals surface area contributed by atoms with Crippen LogP contribution in [0.4, 0.5) is 13.2 Å². The molecule has 0 saturated heterocycles. The molecule has 84 valence electrons. The van der Waals surface area contributed by atoms with Crippen LogP contribution in [-0.2, 0) is 6.42 Å². The summed E-state index contributed by atoms with van der Waals surface area (Å²) in [5.41, 5.74) is 0.959. The van der Waals surface area contributed by atoms with Crippen molar-refractivity contribution in [3.63, 3.8) is 0 Å². The van der Waals surface area contributed by atoms with E-state index >= 15 is 0 Å². The zero-order chi connectivity index (χ0) is 11.7. The first-order valence-corrected chi connectivity index (χ1v) is 4.81. The lowest BCUT2D eigenvalue weighted by Gasteiger charge is -2.03. The van der Waals surface area contributed by atoms with Gasteiger partial charge in [-0.1, -0.05) is 6.92 Å². The normalized spacial score (nSPS) is 10.8. The summed E-state index contributed by atoms with van der Waals surface area (Å²) in [7, 11) is 0. The zero-order valence-corrected chi connectivity index (χ0v) is 8.54. The van der Waals surface area contributed by atoms with Gasteiger partial charge in [-0.05, 0) is 12.5 Å². The van der Waals surface area contributed by atoms with E-state index in [4.69, 9.17) is 0 Å². The lowest BCUT2D eigenvalue weighted by molar-refractivity contribution is 0.446. The number of aryl methyl sites for hydroxylation is 1. The lowest BCUT2D eigenvalue weighted by Crippen LogP contribution is -2.00. The fourth-order valence-corrected chi connectivity index (χ4v) is 1.37. The molecule has 2 nitrogen and oxygen atoms in total. The Hall–Kier alpha value is -1.78. The average molecular weight is 226 g/mol. The highest BCUT2D eigenvalue weighted by molar-refractivity contribution is 5.33. The van der Waals surface area contributed by atoms with Crippen LogP contribution in [0.5, 0.6) is 0 Å². The molecule has 0 bridgehead atoms. The number of halogens is 3. The molecule has 0 aliphatic carbocycles. The van der Waals surface area contributed by atoms with E-state index in [1.165, 1.54) is 4.68 Å². The Bertz CT molecular complexity index is 497. The number of benzene rings is 1. The monoisotopic (exact) mass is 226 g/mol. The molecule has 0 amide bonds. The molecule has 0 atom stereocenters. The van der Waals surface area contributed by atoms with Crippen LogP contribution in [0.2, 0.25) is 0 Å². The molecular weight excluding hydrogens is 217 g/mol. The van der Waals surface area contributed by atoms with Crippen molar-refractivity contribution in [3.8, 4) is 5.69 Å². The van der Waals surface area contributed by atoms with Gasteiger partial charge in [0.05, 0.1) is 11.4 Å². The highest BCUT2D eigenvalue weighted by Crippen LogP contribution is 2.16. The summed E-state index contributed by atoms with van der Waals surface area (Å²) in [6, 6.07) is 3.55. The molecule has 0 saturated carbocycles. The van der Waals surface area contributed by atoms with E-state index in [-0.39, 0.29) is 5.69 Å². The van der Waals surface area contributed by atoms with Gasteiger partial charge < -0.3 is 0 Å². The standard InChI is InChI=1S/C11H9F3N2/c1-2-7-3-4-16(15-7)8-5-9(12)11(14)10(13)6-8/h3-6H,2H2,1H3. The highest BCUT2D eigenvalue weighted by Gasteiger charge is 2.11. The highest BCUT2D eigenvalue weighted by atomic mass is 19.2. The fraction of sp³-hybridized carbons (Fsp3) is 0.182. The minimum atomic E-state index is -1.47. The summed E-state index contributed by atoms with van der Waals surface area (Å²) in [5.74, 6) is -3.90. The van der Waals surface area contributed by atoms with Crippen molar-refractivity contribution in [1.29, 1.82) is 0 Å². The first kappa shape index (κ1) is 10.7. The third kappa shape index (κ3) is 1.80. The number of nitrogens with zero attached hydrogens (tertiary/aromatic N) is 2. The average Bonchev–Trinajstić information content (AvgIpc) is 2.73. The quantitative estimate of drug-likeness (QED) is 0.720. The van der Waals surface area contributed by atoms with Gasteiger partial charge >= 0.3 is 0 Å². The van der Waals surface area contributed by atoms with Gasteiger partial charge in [0.15, 0.2) is 17.5 Å². The molecule has 2 aromatic rings. The first-order valence-electron chi connectivity index (χ1n) is 4.81. The first-order chi connectivity index (χ1) is 7.61. The summed E-state index contributed by atoms with van der Waals surface area (Å²) in [6.45, 7) is 1.92. The van der Waals surface area contributed by atoms with Crippen LogP contribution >= 0.6 is 0 Å². The van der Waals surface area contributed by atoms with Crippen molar-refractivity contribution >= 4 is 0 Å². The Balaban J connectivity index is 2.48. The molecule has 0 radical (unpaired) electrons. The van der Waals surface area contributed by atoms with Crippen molar-refractivity contribution in [1.82, 2.24) is 9.78 Å². The minimum absolute atomic E-state index is 0.163. The second-order valence-corrected chi connectivity index (χ2v) is 3.33. The molecule has 16 heavy (non-hydrogen) atoms. The molecular formula is C11H9F3N2. The SMILES string of the molecule is CCc1ccn(-c2cc(F)c(F)c(F)c2)n1. The molecule has 0 spiro atoms. The largest absolute Gasteiger partial charge is 0.241 e. The summed E-state index contributed by atoms with van der Waals surface area (Å²) >= 11 is 0. The fourth-order valence-electron chi connectivity index (χ4n) is 1.37. The van der Waals surface area contributed by atoms with E-state index in [1.54, 1.807) is 12.3 Å². The predicted octanol–water partition coefficient (Wildman–Crippen LogP) is 2.85. The van der Waals surface area contributed by atoms with E-state index in [2.05, 4.69) is 5.10 Å². The van der Waals surface area contributed by atoms with Crippen molar-refractivity contribution in [2.75, 3.05) is 0 Å². The van der Waals surface area contributed by atoms with Gasteiger partial charge in [-0.2, -0.15) is 5.10 Å². The van der Waals surface area contributed by atoms with Gasteiger partial charge in [0.25, 0.3) is 0 Å². The van der Waals surface area contributed by atoms with Gasteiger partial charge in [-0.3, -0.25) is 0 Å². The number of aromatic nitrogens is 2. The van der Waals surface area contributed by atoms with Crippen molar-refractivity contribution in [2.24, 2.45) is 0 Å². The molecule has 2 rings (SSSR count). The summed E-state index contributed by atoms with van der Waals surface area (Å²) in [4.78, 5) is 0. The van der Waals surface area contributed by atoms with Crippen molar-refractivity contribution < 1.29 is 13.2 Å². The summed E-state index contributed by atoms with van der Waals surface area (Å²) in [5, 5.41) is 4.07. The van der Waals surface area contributed by atoms with E-state index in [0.29, 0.717) is 0 Å². The number of hydrogen-bond acceptors (Lipinski definition) is 1. The lowest BCUT2D eigenvalue weighted by atomic mass is 10.3. The van der Waals surface area contributed by atoms with E-state index in [9.17, 15) is 13.2 Å². The van der Waals surface area contributed by atoms with Gasteiger partial charge in [0, 0.05) is 18.3 Å². The summed E-state index contributed by atoms with van der Waals surface area (Å²) < 4.78 is 39.9. The van der Waals surface area contributed by atoms with Crippen LogP contribution in [0, 0.1) is 17.5 Å². The maximum Gasteiger partial charge on any atom is 0.194 e. The molecule has 0 aliphatic heterocycles. The van der Waals surface area contributed by atoms with E-state index in [1.807, 2.05) is 6.92 Å². The zero-order valence-electron chi connectivity index (χ0n) is 8.54. The predicted molar refractivity (Wildman–Crippen MR) is 52.8 cm³/mol. The molecule has 1 aromatic carbocycles. The Morgan fingerprint density at radius 3 is 2.31 bits per heavy atom. The molecule has 1 aromatic heterocycles. The molecule has 0 unspecified atom stereocenters. The molecule has 0 aliphatic rings. The summed E-state index contributed by atoms with van der Waals surface area (Å²) in [6.07, 6.45) is 2.30. The van der Waals surface area contributed by atoms with Gasteiger partial charge in [0.2, 0.25) is 0 Å². The van der Waals surface area contributed by atoms with E-state index in [0.717, 1.165) is 24.2 Å². The number of rotatable bonds is 2. The third-order valence-electron chi connectivity index (χ3n) is 2.24. The molecule has 5 heteroatoms. The van der Waals surface area contributed by atoms with Crippen LogP contribution in [0.3, 0.4) is 0 Å². The maximum atomic E-state index is 13.0. The molecule has 1 heterocycles. The Kier molecular flexibility index (Phi) is 2.68. The minimum Gasteiger partial charge on any atom is -0.241 e. The second-order valence-electron chi connectivity index (χ2n) is 3.33. The van der Waals surface area contributed by atoms with Gasteiger partial charge in [-0.25, -0.2) is 17.9 Å². The second kappa shape index (κ2) is 4.00. The van der Waals surface area contributed by atoms with Crippen LogP contribution in [0.15, 0.2) is 24.4 Å². The topological polar surface area (TPSA) is 17.8 Å².